The van der Waals surface area contributed by atoms with E-state index in [1.807, 2.05) is 0 Å². The second-order valence-corrected chi connectivity index (χ2v) is 19.0. The first-order valence-corrected chi connectivity index (χ1v) is 27.1. The van der Waals surface area contributed by atoms with E-state index < -0.39 is 5.97 Å². The van der Waals surface area contributed by atoms with E-state index in [9.17, 15) is 9.90 Å². The third-order valence-electron chi connectivity index (χ3n) is 13.2. The van der Waals surface area contributed by atoms with Gasteiger partial charge in [-0.1, -0.05) is 284 Å². The second kappa shape index (κ2) is 54.2. The van der Waals surface area contributed by atoms with E-state index in [2.05, 4.69) is 25.7 Å². The first-order valence-electron chi connectivity index (χ1n) is 27.1. The predicted octanol–water partition coefficient (Wildman–Crippen LogP) is 14.8. The summed E-state index contributed by atoms with van der Waals surface area (Å²) in [6, 6.07) is 0.481. The molecule has 1 unspecified atom stereocenters. The van der Waals surface area contributed by atoms with Crippen molar-refractivity contribution in [3.63, 3.8) is 0 Å². The fourth-order valence-electron chi connectivity index (χ4n) is 9.12. The Kier molecular flexibility index (Phi) is 57.1. The molecule has 342 valence electrons. The van der Waals surface area contributed by atoms with Gasteiger partial charge in [0.2, 0.25) is 0 Å². The topological polar surface area (TPSA) is 43.4 Å². The number of carbonyl (C=O) groups is 1. The second-order valence-electron chi connectivity index (χ2n) is 19.0. The van der Waals surface area contributed by atoms with Crippen molar-refractivity contribution < 1.29 is 61.3 Å². The van der Waals surface area contributed by atoms with Crippen LogP contribution in [0.4, 0.5) is 0 Å². The van der Waals surface area contributed by atoms with E-state index in [-0.39, 0.29) is 57.8 Å². The molecule has 0 fully saturated rings. The zero-order valence-electron chi connectivity index (χ0n) is 41.0. The average Bonchev–Trinajstić information content (AvgIpc) is 3.20. The third-order valence-corrected chi connectivity index (χ3v) is 13.2. The quantitative estimate of drug-likeness (QED) is 0.0453. The molecule has 0 aromatic carbocycles. The van der Waals surface area contributed by atoms with Crippen LogP contribution in [0.5, 0.6) is 0 Å². The molecule has 4 heteroatoms. The van der Waals surface area contributed by atoms with Crippen molar-refractivity contribution >= 4 is 5.97 Å². The van der Waals surface area contributed by atoms with Gasteiger partial charge in [0.15, 0.2) is 0 Å². The molecule has 0 heterocycles. The molecule has 0 spiro atoms. The Labute approximate surface area is 410 Å². The molecule has 0 N–H and O–H groups in total. The number of rotatable bonds is 51. The summed E-state index contributed by atoms with van der Waals surface area (Å²) in [4.78, 5) is 13.7. The maximum atomic E-state index is 11.0. The van der Waals surface area contributed by atoms with Crippen molar-refractivity contribution in [2.75, 3.05) is 13.1 Å². The minimum Gasteiger partial charge on any atom is -0.550 e. The molecule has 0 aliphatic carbocycles. The van der Waals surface area contributed by atoms with Crippen LogP contribution >= 0.6 is 0 Å². The summed E-state index contributed by atoms with van der Waals surface area (Å²) in [5.41, 5.74) is 0. The first-order chi connectivity index (χ1) is 28.1. The fourth-order valence-corrected chi connectivity index (χ4v) is 9.12. The molecule has 0 saturated carbocycles. The van der Waals surface area contributed by atoms with E-state index >= 15 is 0 Å². The van der Waals surface area contributed by atoms with Crippen molar-refractivity contribution in [1.29, 1.82) is 0 Å². The molecular weight excluding hydrogens is 734 g/mol. The van der Waals surface area contributed by atoms with E-state index in [1.54, 1.807) is 0 Å². The summed E-state index contributed by atoms with van der Waals surface area (Å²) in [5, 5.41) is 11.0. The van der Waals surface area contributed by atoms with Crippen molar-refractivity contribution in [2.45, 2.75) is 329 Å². The zero-order chi connectivity index (χ0) is 41.4. The van der Waals surface area contributed by atoms with Crippen LogP contribution in [0.2, 0.25) is 0 Å². The van der Waals surface area contributed by atoms with E-state index in [1.165, 1.54) is 296 Å². The normalized spacial score (nSPS) is 12.1. The molecule has 0 bridgehead atoms. The first kappa shape index (κ1) is 61.2. The van der Waals surface area contributed by atoms with Gasteiger partial charge in [0, 0.05) is 12.0 Å². The molecule has 0 saturated heterocycles. The molecule has 1 atom stereocenters. The minimum absolute atomic E-state index is 0. The van der Waals surface area contributed by atoms with Gasteiger partial charge >= 0.3 is 51.4 Å². The van der Waals surface area contributed by atoms with Gasteiger partial charge in [-0.05, 0) is 52.1 Å². The number of carboxylic acids is 1. The molecule has 0 aromatic rings. The van der Waals surface area contributed by atoms with Crippen LogP contribution in [0.1, 0.15) is 323 Å². The standard InChI is InChI=1S/C54H109NO2.K/c1-4-6-8-10-12-14-16-18-20-22-24-26-28-30-32-34-36-38-40-42-44-46-51-55(53(3)49-48-50-54(56)57)52-47-45-43-41-39-37-35-33-31-29-27-25-23-21-19-17-15-13-11-9-7-5-2;/h53H,4-52H2,1-3H3,(H,56,57);/q;+1/p-1. The maximum absolute atomic E-state index is 11.0. The van der Waals surface area contributed by atoms with Crippen LogP contribution in [0, 0.1) is 0 Å². The molecule has 0 rings (SSSR count). The Morgan fingerprint density at radius 1 is 0.345 bits per heavy atom. The van der Waals surface area contributed by atoms with Crippen molar-refractivity contribution in [3.05, 3.63) is 0 Å². The van der Waals surface area contributed by atoms with Gasteiger partial charge in [0.05, 0.1) is 0 Å². The van der Waals surface area contributed by atoms with Crippen LogP contribution < -0.4 is 56.5 Å². The van der Waals surface area contributed by atoms with Crippen molar-refractivity contribution in [3.8, 4) is 0 Å². The van der Waals surface area contributed by atoms with Crippen molar-refractivity contribution in [2.24, 2.45) is 0 Å². The molecule has 58 heavy (non-hydrogen) atoms. The van der Waals surface area contributed by atoms with Crippen molar-refractivity contribution in [1.82, 2.24) is 4.90 Å². The zero-order valence-corrected chi connectivity index (χ0v) is 44.1. The van der Waals surface area contributed by atoms with Gasteiger partial charge in [0.1, 0.15) is 0 Å². The molecular formula is C54H108KNO2. The summed E-state index contributed by atoms with van der Waals surface area (Å²) in [7, 11) is 0. The number of hydrogen-bond acceptors (Lipinski definition) is 3. The van der Waals surface area contributed by atoms with E-state index in [0.717, 1.165) is 12.8 Å². The SMILES string of the molecule is CCCCCCCCCCCCCCCCCCCCCCCCN(CCCCCCCCCCCCCCCCCCCCCCCC)C(C)CCCC(=O)[O-].[K+]. The number of hydrogen-bond donors (Lipinski definition) is 0. The average molecular weight is 843 g/mol. The largest absolute Gasteiger partial charge is 1.00 e. The van der Waals surface area contributed by atoms with Crippen LogP contribution in [0.3, 0.4) is 0 Å². The van der Waals surface area contributed by atoms with E-state index in [4.69, 9.17) is 0 Å². The van der Waals surface area contributed by atoms with Crippen LogP contribution in [0.25, 0.3) is 0 Å². The molecule has 0 aromatic heterocycles. The Morgan fingerprint density at radius 2 is 0.534 bits per heavy atom. The van der Waals surface area contributed by atoms with Gasteiger partial charge < -0.3 is 14.8 Å². The molecule has 0 radical (unpaired) electrons. The summed E-state index contributed by atoms with van der Waals surface area (Å²) in [6.45, 7) is 9.30. The van der Waals surface area contributed by atoms with Gasteiger partial charge in [-0.25, -0.2) is 0 Å². The number of carbonyl (C=O) groups excluding carboxylic acids is 1. The maximum Gasteiger partial charge on any atom is 1.00 e. The van der Waals surface area contributed by atoms with Gasteiger partial charge in [-0.3, -0.25) is 0 Å². The number of aliphatic carboxylic acids is 1. The Hall–Kier alpha value is 1.07. The number of unbranched alkanes of at least 4 members (excludes halogenated alkanes) is 42. The fraction of sp³-hybridized carbons (Fsp3) is 0.981. The summed E-state index contributed by atoms with van der Waals surface area (Å²) < 4.78 is 0. The van der Waals surface area contributed by atoms with Crippen LogP contribution in [-0.2, 0) is 4.79 Å². The van der Waals surface area contributed by atoms with Gasteiger partial charge in [0.25, 0.3) is 0 Å². The number of nitrogens with zero attached hydrogens (tertiary/aromatic N) is 1. The van der Waals surface area contributed by atoms with E-state index in [0.29, 0.717) is 6.04 Å². The summed E-state index contributed by atoms with van der Waals surface area (Å²) in [6.07, 6.45) is 65.0. The molecule has 0 aliphatic rings. The Morgan fingerprint density at radius 3 is 0.724 bits per heavy atom. The van der Waals surface area contributed by atoms with Gasteiger partial charge in [-0.2, -0.15) is 0 Å². The third kappa shape index (κ3) is 51.4. The molecule has 0 aliphatic heterocycles. The smallest absolute Gasteiger partial charge is 0.550 e. The predicted molar refractivity (Wildman–Crippen MR) is 254 cm³/mol. The minimum atomic E-state index is -0.895. The van der Waals surface area contributed by atoms with Crippen LogP contribution in [0.15, 0.2) is 0 Å². The van der Waals surface area contributed by atoms with Crippen LogP contribution in [-0.4, -0.2) is 30.0 Å². The molecule has 3 nitrogen and oxygen atoms in total. The monoisotopic (exact) mass is 842 g/mol. The van der Waals surface area contributed by atoms with Gasteiger partial charge in [-0.15, -0.1) is 0 Å². The summed E-state index contributed by atoms with van der Waals surface area (Å²) in [5.74, 6) is -0.895. The number of carboxylic acid groups (broad SMARTS) is 1. The summed E-state index contributed by atoms with van der Waals surface area (Å²) >= 11 is 0. The Balaban J connectivity index is 0. The molecule has 0 amide bonds. The Bertz CT molecular complexity index is 699.